The minimum absolute atomic E-state index is 0. The Hall–Kier alpha value is -4.95. The minimum atomic E-state index is -0.659. The molecular weight excluding hydrogens is 602 g/mol. The zero-order valence-electron chi connectivity index (χ0n) is 25.5. The molecule has 1 aromatic heterocycles. The van der Waals surface area contributed by atoms with Crippen molar-refractivity contribution in [2.75, 3.05) is 6.61 Å². The maximum atomic E-state index is 13.1. The summed E-state index contributed by atoms with van der Waals surface area (Å²) in [4.78, 5) is 43.7. The predicted octanol–water partition coefficient (Wildman–Crippen LogP) is 6.53. The Balaban J connectivity index is 0.00000372. The molecule has 0 radical (unpaired) electrons. The van der Waals surface area contributed by atoms with Gasteiger partial charge in [0.05, 0.1) is 24.2 Å². The highest BCUT2D eigenvalue weighted by atomic mass is 35.5. The number of hydrogen-bond acceptors (Lipinski definition) is 6. The Labute approximate surface area is 273 Å². The monoisotopic (exact) mass is 635 g/mol. The van der Waals surface area contributed by atoms with Crippen molar-refractivity contribution in [1.82, 2.24) is 15.2 Å². The van der Waals surface area contributed by atoms with Gasteiger partial charge in [-0.05, 0) is 66.3 Å². The van der Waals surface area contributed by atoms with E-state index in [9.17, 15) is 14.4 Å². The third-order valence-electron chi connectivity index (χ3n) is 8.52. The summed E-state index contributed by atoms with van der Waals surface area (Å²) < 4.78 is 12.2. The lowest BCUT2D eigenvalue weighted by molar-refractivity contribution is -0.136. The fraction of sp³-hybridized carbons (Fsp3) is 0.243. The van der Waals surface area contributed by atoms with E-state index in [2.05, 4.69) is 54.7 Å². The molecule has 8 nitrogen and oxygen atoms in total. The number of carbonyl (C=O) groups is 3. The van der Waals surface area contributed by atoms with Crippen LogP contribution in [0, 0.1) is 0 Å². The van der Waals surface area contributed by atoms with Crippen molar-refractivity contribution in [2.24, 2.45) is 0 Å². The predicted molar refractivity (Wildman–Crippen MR) is 178 cm³/mol. The molecule has 1 fully saturated rings. The second-order valence-electron chi connectivity index (χ2n) is 11.6. The molecule has 0 bridgehead atoms. The van der Waals surface area contributed by atoms with E-state index >= 15 is 0 Å². The molecule has 7 rings (SSSR count). The Morgan fingerprint density at radius 3 is 2.50 bits per heavy atom. The molecule has 0 saturated carbocycles. The summed E-state index contributed by atoms with van der Waals surface area (Å²) in [5, 5.41) is 4.57. The van der Waals surface area contributed by atoms with Gasteiger partial charge in [-0.15, -0.1) is 12.4 Å². The molecule has 0 aliphatic carbocycles. The second kappa shape index (κ2) is 13.2. The molecule has 2 aliphatic heterocycles. The van der Waals surface area contributed by atoms with E-state index in [1.54, 1.807) is 17.0 Å². The first-order valence-electron chi connectivity index (χ1n) is 15.4. The molecule has 5 aromatic rings. The van der Waals surface area contributed by atoms with Crippen LogP contribution in [0.15, 0.2) is 84.9 Å². The lowest BCUT2D eigenvalue weighted by atomic mass is 9.98. The summed E-state index contributed by atoms with van der Waals surface area (Å²) >= 11 is 0. The van der Waals surface area contributed by atoms with Gasteiger partial charge in [-0.3, -0.25) is 19.7 Å². The van der Waals surface area contributed by atoms with Crippen LogP contribution < -0.4 is 14.8 Å². The zero-order chi connectivity index (χ0) is 30.9. The van der Waals surface area contributed by atoms with Gasteiger partial charge >= 0.3 is 0 Å². The first-order valence-corrected chi connectivity index (χ1v) is 15.4. The molecule has 46 heavy (non-hydrogen) atoms. The van der Waals surface area contributed by atoms with Crippen molar-refractivity contribution in [3.05, 3.63) is 113 Å². The van der Waals surface area contributed by atoms with E-state index in [-0.39, 0.29) is 37.2 Å². The lowest BCUT2D eigenvalue weighted by Crippen LogP contribution is -2.52. The first kappa shape index (κ1) is 31.0. The summed E-state index contributed by atoms with van der Waals surface area (Å²) in [5.74, 6) is 0.512. The second-order valence-corrected chi connectivity index (χ2v) is 11.6. The smallest absolute Gasteiger partial charge is 0.255 e. The van der Waals surface area contributed by atoms with E-state index < -0.39 is 11.9 Å². The summed E-state index contributed by atoms with van der Waals surface area (Å²) in [6.07, 6.45) is 2.21. The molecular formula is C37H34ClN3O5. The third kappa shape index (κ3) is 6.13. The van der Waals surface area contributed by atoms with Crippen LogP contribution in [0.25, 0.3) is 21.8 Å². The summed E-state index contributed by atoms with van der Waals surface area (Å²) in [6.45, 7) is 3.36. The van der Waals surface area contributed by atoms with Crippen molar-refractivity contribution in [2.45, 2.75) is 51.8 Å². The number of nitrogens with zero attached hydrogens (tertiary/aromatic N) is 2. The number of piperidine rings is 1. The SMILES string of the molecule is CCCOc1cc(Cc2ccc(COc3cccc4c3CN(C3CCC(=O)NC3=O)C4=O)cc2)c2cc3ccccc3nc2c1.Cl. The Morgan fingerprint density at radius 1 is 0.891 bits per heavy atom. The largest absolute Gasteiger partial charge is 0.494 e. The van der Waals surface area contributed by atoms with Crippen molar-refractivity contribution in [1.29, 1.82) is 0 Å². The summed E-state index contributed by atoms with van der Waals surface area (Å²) in [7, 11) is 0. The third-order valence-corrected chi connectivity index (χ3v) is 8.52. The van der Waals surface area contributed by atoms with E-state index in [0.717, 1.165) is 62.7 Å². The van der Waals surface area contributed by atoms with Crippen molar-refractivity contribution in [3.63, 3.8) is 0 Å². The topological polar surface area (TPSA) is 97.8 Å². The van der Waals surface area contributed by atoms with Crippen LogP contribution in [-0.4, -0.2) is 40.3 Å². The highest BCUT2D eigenvalue weighted by Gasteiger charge is 2.40. The quantitative estimate of drug-likeness (QED) is 0.146. The number of halogens is 1. The molecule has 234 valence electrons. The molecule has 2 aliphatic rings. The number of aromatic nitrogens is 1. The average Bonchev–Trinajstić information content (AvgIpc) is 3.39. The first-order chi connectivity index (χ1) is 22.0. The molecule has 1 unspecified atom stereocenters. The van der Waals surface area contributed by atoms with Crippen LogP contribution in [-0.2, 0) is 29.2 Å². The molecule has 3 heterocycles. The highest BCUT2D eigenvalue weighted by molar-refractivity contribution is 6.05. The fourth-order valence-corrected chi connectivity index (χ4v) is 6.20. The molecule has 1 N–H and O–H groups in total. The highest BCUT2D eigenvalue weighted by Crippen LogP contribution is 2.34. The van der Waals surface area contributed by atoms with Crippen LogP contribution >= 0.6 is 12.4 Å². The maximum absolute atomic E-state index is 13.1. The van der Waals surface area contributed by atoms with Gasteiger partial charge in [0.25, 0.3) is 5.91 Å². The van der Waals surface area contributed by atoms with E-state index in [4.69, 9.17) is 14.5 Å². The number of amides is 3. The van der Waals surface area contributed by atoms with Crippen LogP contribution in [0.3, 0.4) is 0 Å². The number of ether oxygens (including phenoxy) is 2. The maximum Gasteiger partial charge on any atom is 0.255 e. The van der Waals surface area contributed by atoms with Crippen LogP contribution in [0.4, 0.5) is 0 Å². The van der Waals surface area contributed by atoms with Gasteiger partial charge in [0, 0.05) is 34.4 Å². The van der Waals surface area contributed by atoms with Gasteiger partial charge in [-0.2, -0.15) is 0 Å². The fourth-order valence-electron chi connectivity index (χ4n) is 6.20. The number of fused-ring (bicyclic) bond motifs is 3. The van der Waals surface area contributed by atoms with Crippen molar-refractivity contribution in [3.8, 4) is 11.5 Å². The molecule has 0 spiro atoms. The standard InChI is InChI=1S/C37H33N3O5.ClH/c1-2-16-44-27-18-26(29-19-25-6-3-4-8-31(25)38-32(29)20-27)17-23-10-12-24(13-11-23)22-45-34-9-5-7-28-30(34)21-40(37(28)43)33-14-15-35(41)39-36(33)42;/h3-13,18-20,33H,2,14-17,21-22H2,1H3,(H,39,41,42);1H. The van der Waals surface area contributed by atoms with Gasteiger partial charge < -0.3 is 14.4 Å². The Morgan fingerprint density at radius 2 is 1.70 bits per heavy atom. The molecule has 3 amide bonds. The number of para-hydroxylation sites is 1. The van der Waals surface area contributed by atoms with E-state index in [1.807, 2.05) is 30.3 Å². The molecule has 1 atom stereocenters. The number of pyridine rings is 1. The normalized spacial score (nSPS) is 15.9. The van der Waals surface area contributed by atoms with Crippen LogP contribution in [0.1, 0.15) is 58.8 Å². The number of carbonyl (C=O) groups excluding carboxylic acids is 3. The number of imide groups is 1. The number of rotatable bonds is 9. The van der Waals surface area contributed by atoms with Gasteiger partial charge in [-0.25, -0.2) is 4.98 Å². The van der Waals surface area contributed by atoms with Crippen LogP contribution in [0.5, 0.6) is 11.5 Å². The lowest BCUT2D eigenvalue weighted by Gasteiger charge is -2.29. The van der Waals surface area contributed by atoms with E-state index in [1.165, 1.54) is 0 Å². The van der Waals surface area contributed by atoms with Gasteiger partial charge in [0.15, 0.2) is 0 Å². The molecule has 9 heteroatoms. The van der Waals surface area contributed by atoms with Crippen LogP contribution in [0.2, 0.25) is 0 Å². The number of hydrogen-bond donors (Lipinski definition) is 1. The van der Waals surface area contributed by atoms with Gasteiger partial charge in [-0.1, -0.05) is 55.5 Å². The Bertz CT molecular complexity index is 1960. The van der Waals surface area contributed by atoms with E-state index in [0.29, 0.717) is 30.9 Å². The Kier molecular flexibility index (Phi) is 8.90. The van der Waals surface area contributed by atoms with Crippen molar-refractivity contribution >= 4 is 51.9 Å². The zero-order valence-corrected chi connectivity index (χ0v) is 26.3. The minimum Gasteiger partial charge on any atom is -0.494 e. The van der Waals surface area contributed by atoms with Gasteiger partial charge in [0.1, 0.15) is 24.1 Å². The van der Waals surface area contributed by atoms with Gasteiger partial charge in [0.2, 0.25) is 11.8 Å². The summed E-state index contributed by atoms with van der Waals surface area (Å²) in [5.41, 5.74) is 6.50. The molecule has 1 saturated heterocycles. The number of benzene rings is 4. The number of nitrogens with one attached hydrogen (secondary N) is 1. The van der Waals surface area contributed by atoms with Crippen molar-refractivity contribution < 1.29 is 23.9 Å². The average molecular weight is 636 g/mol. The summed E-state index contributed by atoms with van der Waals surface area (Å²) in [6, 6.07) is 27.6. The molecule has 4 aromatic carbocycles.